The topological polar surface area (TPSA) is 58.4 Å². The van der Waals surface area contributed by atoms with Crippen molar-refractivity contribution in [2.45, 2.75) is 24.5 Å². The van der Waals surface area contributed by atoms with Gasteiger partial charge in [0.25, 0.3) is 0 Å². The van der Waals surface area contributed by atoms with Gasteiger partial charge in [-0.3, -0.25) is 4.68 Å². The van der Waals surface area contributed by atoms with Crippen molar-refractivity contribution >= 4 is 10.0 Å². The molecular weight excluding hydrogens is 300 g/mol. The first kappa shape index (κ1) is 15.2. The molecule has 0 saturated heterocycles. The van der Waals surface area contributed by atoms with Crippen LogP contribution in [-0.4, -0.2) is 41.5 Å². The third kappa shape index (κ3) is 2.55. The van der Waals surface area contributed by atoms with Gasteiger partial charge in [-0.15, -0.1) is 0 Å². The second-order valence-corrected chi connectivity index (χ2v) is 7.76. The minimum Gasteiger partial charge on any atom is -0.303 e. The molecule has 0 N–H and O–H groups in total. The van der Waals surface area contributed by atoms with Crippen LogP contribution in [0.3, 0.4) is 0 Å². The summed E-state index contributed by atoms with van der Waals surface area (Å²) >= 11 is 0. The van der Waals surface area contributed by atoms with Crippen LogP contribution in [-0.2, 0) is 36.7 Å². The number of fused-ring (bicyclic) bond motifs is 1. The van der Waals surface area contributed by atoms with Crippen LogP contribution in [0.5, 0.6) is 0 Å². The van der Waals surface area contributed by atoms with Gasteiger partial charge in [0.15, 0.2) is 0 Å². The third-order valence-corrected chi connectivity index (χ3v) is 5.67. The van der Waals surface area contributed by atoms with Crippen LogP contribution >= 0.6 is 0 Å². The molecule has 0 fully saturated rings. The maximum absolute atomic E-state index is 12.7. The Kier molecular flexibility index (Phi) is 3.80. The Morgan fingerprint density at radius 2 is 1.86 bits per heavy atom. The molecule has 118 valence electrons. The van der Waals surface area contributed by atoms with Gasteiger partial charge in [0.2, 0.25) is 10.0 Å². The number of aromatic nitrogens is 2. The van der Waals surface area contributed by atoms with Gasteiger partial charge in [-0.05, 0) is 26.2 Å². The largest absolute Gasteiger partial charge is 0.303 e. The van der Waals surface area contributed by atoms with E-state index in [0.29, 0.717) is 24.5 Å². The molecule has 1 aromatic carbocycles. The molecule has 1 aliphatic rings. The van der Waals surface area contributed by atoms with Crippen molar-refractivity contribution in [2.24, 2.45) is 7.05 Å². The van der Waals surface area contributed by atoms with E-state index in [0.717, 1.165) is 17.0 Å². The van der Waals surface area contributed by atoms with E-state index in [1.54, 1.807) is 28.9 Å². The predicted molar refractivity (Wildman–Crippen MR) is 83.5 cm³/mol. The van der Waals surface area contributed by atoms with Crippen molar-refractivity contribution in [3.05, 3.63) is 47.3 Å². The first-order chi connectivity index (χ1) is 10.4. The van der Waals surface area contributed by atoms with Crippen LogP contribution in [0.15, 0.2) is 35.2 Å². The molecule has 0 unspecified atom stereocenters. The number of sulfonamides is 1. The number of benzene rings is 1. The molecule has 0 bridgehead atoms. The molecule has 7 heteroatoms. The fourth-order valence-corrected chi connectivity index (χ4v) is 4.17. The van der Waals surface area contributed by atoms with E-state index in [9.17, 15) is 8.42 Å². The van der Waals surface area contributed by atoms with Gasteiger partial charge in [0.1, 0.15) is 0 Å². The maximum atomic E-state index is 12.7. The minimum atomic E-state index is -3.46. The number of hydrogen-bond acceptors (Lipinski definition) is 4. The molecule has 2 heterocycles. The van der Waals surface area contributed by atoms with Gasteiger partial charge in [0.05, 0.1) is 22.8 Å². The van der Waals surface area contributed by atoms with E-state index >= 15 is 0 Å². The van der Waals surface area contributed by atoms with E-state index in [-0.39, 0.29) is 0 Å². The summed E-state index contributed by atoms with van der Waals surface area (Å²) in [5, 5.41) is 4.52. The molecule has 0 saturated carbocycles. The Bertz CT molecular complexity index is 781. The first-order valence-corrected chi connectivity index (χ1v) is 8.57. The standard InChI is InChI=1S/C15H20N4O2S/c1-17(2)10-14-13-9-19(11-15(13)18(3)16-14)22(20,21)12-7-5-4-6-8-12/h4-8H,9-11H2,1-3H3. The zero-order chi connectivity index (χ0) is 15.9. The summed E-state index contributed by atoms with van der Waals surface area (Å²) in [6.45, 7) is 1.48. The van der Waals surface area contributed by atoms with Crippen LogP contribution in [0, 0.1) is 0 Å². The highest BCUT2D eigenvalue weighted by molar-refractivity contribution is 7.89. The van der Waals surface area contributed by atoms with Crippen molar-refractivity contribution in [3.8, 4) is 0 Å². The number of rotatable bonds is 4. The smallest absolute Gasteiger partial charge is 0.243 e. The Hall–Kier alpha value is -1.70. The van der Waals surface area contributed by atoms with Crippen molar-refractivity contribution in [1.29, 1.82) is 0 Å². The summed E-state index contributed by atoms with van der Waals surface area (Å²) in [4.78, 5) is 2.38. The molecule has 6 nitrogen and oxygen atoms in total. The lowest BCUT2D eigenvalue weighted by molar-refractivity contribution is 0.384. The van der Waals surface area contributed by atoms with Crippen LogP contribution in [0.25, 0.3) is 0 Å². The summed E-state index contributed by atoms with van der Waals surface area (Å²) in [7, 11) is 2.37. The number of nitrogens with zero attached hydrogens (tertiary/aromatic N) is 4. The molecule has 3 rings (SSSR count). The quantitative estimate of drug-likeness (QED) is 0.849. The van der Waals surface area contributed by atoms with Gasteiger partial charge in [-0.25, -0.2) is 8.42 Å². The van der Waals surface area contributed by atoms with E-state index in [1.165, 1.54) is 4.31 Å². The predicted octanol–water partition coefficient (Wildman–Crippen LogP) is 1.19. The molecule has 0 spiro atoms. The second-order valence-electron chi connectivity index (χ2n) is 5.82. The lowest BCUT2D eigenvalue weighted by Gasteiger charge is -2.16. The van der Waals surface area contributed by atoms with Gasteiger partial charge < -0.3 is 4.90 Å². The zero-order valence-corrected chi connectivity index (χ0v) is 13.8. The number of hydrogen-bond donors (Lipinski definition) is 0. The SMILES string of the molecule is CN(C)Cc1nn(C)c2c1CN(S(=O)(=O)c1ccccc1)C2. The molecule has 0 radical (unpaired) electrons. The highest BCUT2D eigenvalue weighted by Crippen LogP contribution is 2.30. The Morgan fingerprint density at radius 1 is 1.18 bits per heavy atom. The highest BCUT2D eigenvalue weighted by Gasteiger charge is 2.34. The average molecular weight is 320 g/mol. The molecule has 0 amide bonds. The van der Waals surface area contributed by atoms with Gasteiger partial charge in [-0.1, -0.05) is 18.2 Å². The monoisotopic (exact) mass is 320 g/mol. The molecule has 1 aliphatic heterocycles. The average Bonchev–Trinajstić information content (AvgIpc) is 3.02. The molecule has 0 aliphatic carbocycles. The van der Waals surface area contributed by atoms with Crippen molar-refractivity contribution in [3.63, 3.8) is 0 Å². The lowest BCUT2D eigenvalue weighted by atomic mass is 10.2. The maximum Gasteiger partial charge on any atom is 0.243 e. The van der Waals surface area contributed by atoms with Gasteiger partial charge in [-0.2, -0.15) is 9.40 Å². The first-order valence-electron chi connectivity index (χ1n) is 7.13. The molecule has 1 aromatic heterocycles. The lowest BCUT2D eigenvalue weighted by Crippen LogP contribution is -2.27. The molecule has 2 aromatic rings. The summed E-state index contributed by atoms with van der Waals surface area (Å²) in [5.74, 6) is 0. The fourth-order valence-electron chi connectivity index (χ4n) is 2.78. The van der Waals surface area contributed by atoms with Gasteiger partial charge in [0, 0.05) is 25.7 Å². The van der Waals surface area contributed by atoms with Gasteiger partial charge >= 0.3 is 0 Å². The van der Waals surface area contributed by atoms with Crippen LogP contribution in [0.1, 0.15) is 17.0 Å². The van der Waals surface area contributed by atoms with Crippen LogP contribution < -0.4 is 0 Å². The fraction of sp³-hybridized carbons (Fsp3) is 0.400. The summed E-state index contributed by atoms with van der Waals surface area (Å²) in [6.07, 6.45) is 0. The van der Waals surface area contributed by atoms with Crippen LogP contribution in [0.4, 0.5) is 0 Å². The Morgan fingerprint density at radius 3 is 2.50 bits per heavy atom. The van der Waals surface area contributed by atoms with E-state index in [2.05, 4.69) is 5.10 Å². The molecular formula is C15H20N4O2S. The molecule has 0 atom stereocenters. The van der Waals surface area contributed by atoms with E-state index in [1.807, 2.05) is 32.1 Å². The number of aryl methyl sites for hydroxylation is 1. The van der Waals surface area contributed by atoms with Crippen molar-refractivity contribution in [1.82, 2.24) is 19.0 Å². The second kappa shape index (κ2) is 5.49. The normalized spacial score (nSPS) is 15.5. The van der Waals surface area contributed by atoms with E-state index in [4.69, 9.17) is 0 Å². The summed E-state index contributed by atoms with van der Waals surface area (Å²) in [6, 6.07) is 8.58. The zero-order valence-electron chi connectivity index (χ0n) is 13.0. The van der Waals surface area contributed by atoms with E-state index < -0.39 is 10.0 Å². The summed E-state index contributed by atoms with van der Waals surface area (Å²) in [5.41, 5.74) is 2.97. The van der Waals surface area contributed by atoms with Crippen LogP contribution in [0.2, 0.25) is 0 Å². The van der Waals surface area contributed by atoms with Crippen molar-refractivity contribution < 1.29 is 8.42 Å². The third-order valence-electron chi connectivity index (χ3n) is 3.87. The summed E-state index contributed by atoms with van der Waals surface area (Å²) < 4.78 is 28.8. The Labute approximate surface area is 131 Å². The highest BCUT2D eigenvalue weighted by atomic mass is 32.2. The minimum absolute atomic E-state index is 0.338. The van der Waals surface area contributed by atoms with Crippen molar-refractivity contribution in [2.75, 3.05) is 14.1 Å². The Balaban J connectivity index is 1.92. The molecule has 22 heavy (non-hydrogen) atoms.